The Morgan fingerprint density at radius 2 is 1.44 bits per heavy atom. The molecular weight excluding hydrogens is 514 g/mol. The molecule has 0 amide bonds. The van der Waals surface area contributed by atoms with Crippen LogP contribution in [0.2, 0.25) is 0 Å². The molecule has 0 saturated carbocycles. The SMILES string of the molecule is COc1cccc(CN(Cc2cccc(N3CCCC3)c2)c2ccc(COCCOCCN3CCOCC3)cc2)c1. The molecule has 220 valence electrons. The minimum Gasteiger partial charge on any atom is -0.497 e. The van der Waals surface area contributed by atoms with Crippen LogP contribution in [-0.4, -0.2) is 77.8 Å². The number of nitrogens with zero attached hydrogens (tertiary/aromatic N) is 3. The van der Waals surface area contributed by atoms with E-state index in [1.807, 2.05) is 6.07 Å². The maximum Gasteiger partial charge on any atom is 0.119 e. The number of methoxy groups -OCH3 is 1. The van der Waals surface area contributed by atoms with Gasteiger partial charge in [-0.25, -0.2) is 0 Å². The van der Waals surface area contributed by atoms with Gasteiger partial charge in [0.2, 0.25) is 0 Å². The van der Waals surface area contributed by atoms with E-state index >= 15 is 0 Å². The summed E-state index contributed by atoms with van der Waals surface area (Å²) in [5.74, 6) is 0.885. The molecule has 2 saturated heterocycles. The largest absolute Gasteiger partial charge is 0.497 e. The van der Waals surface area contributed by atoms with Crippen molar-refractivity contribution in [2.24, 2.45) is 0 Å². The first kappa shape index (κ1) is 29.4. The Kier molecular flexibility index (Phi) is 11.3. The van der Waals surface area contributed by atoms with E-state index in [0.29, 0.717) is 19.8 Å². The molecule has 0 spiro atoms. The first-order valence-corrected chi connectivity index (χ1v) is 15.0. The summed E-state index contributed by atoms with van der Waals surface area (Å²) in [5.41, 5.74) is 6.23. The first-order chi connectivity index (χ1) is 20.3. The number of rotatable bonds is 15. The molecule has 7 heteroatoms. The van der Waals surface area contributed by atoms with Crippen LogP contribution in [0.25, 0.3) is 0 Å². The van der Waals surface area contributed by atoms with Gasteiger partial charge in [-0.3, -0.25) is 4.90 Å². The van der Waals surface area contributed by atoms with Crippen molar-refractivity contribution in [3.8, 4) is 5.75 Å². The Bertz CT molecular complexity index is 1180. The van der Waals surface area contributed by atoms with E-state index in [1.54, 1.807) is 7.11 Å². The van der Waals surface area contributed by atoms with Crippen molar-refractivity contribution in [3.63, 3.8) is 0 Å². The molecule has 3 aromatic carbocycles. The van der Waals surface area contributed by atoms with Gasteiger partial charge >= 0.3 is 0 Å². The molecule has 2 heterocycles. The summed E-state index contributed by atoms with van der Waals surface area (Å²) in [5, 5.41) is 0. The van der Waals surface area contributed by atoms with Crippen LogP contribution in [-0.2, 0) is 33.9 Å². The van der Waals surface area contributed by atoms with Crippen LogP contribution < -0.4 is 14.5 Å². The summed E-state index contributed by atoms with van der Waals surface area (Å²) in [6.45, 7) is 11.1. The summed E-state index contributed by atoms with van der Waals surface area (Å²) in [6.07, 6.45) is 2.56. The summed E-state index contributed by atoms with van der Waals surface area (Å²) in [7, 11) is 1.72. The van der Waals surface area contributed by atoms with Crippen molar-refractivity contribution in [2.75, 3.05) is 82.7 Å². The first-order valence-electron chi connectivity index (χ1n) is 15.0. The molecule has 41 heavy (non-hydrogen) atoms. The van der Waals surface area contributed by atoms with E-state index in [0.717, 1.165) is 71.4 Å². The predicted molar refractivity (Wildman–Crippen MR) is 165 cm³/mol. The van der Waals surface area contributed by atoms with Gasteiger partial charge in [0.05, 0.1) is 46.8 Å². The van der Waals surface area contributed by atoms with Crippen molar-refractivity contribution in [2.45, 2.75) is 32.5 Å². The number of benzene rings is 3. The van der Waals surface area contributed by atoms with Gasteiger partial charge in [-0.1, -0.05) is 36.4 Å². The molecule has 2 aliphatic rings. The van der Waals surface area contributed by atoms with Crippen LogP contribution in [0.3, 0.4) is 0 Å². The zero-order valence-electron chi connectivity index (χ0n) is 24.5. The predicted octanol–water partition coefficient (Wildman–Crippen LogP) is 5.37. The third-order valence-corrected chi connectivity index (χ3v) is 7.86. The van der Waals surface area contributed by atoms with Gasteiger partial charge in [0.25, 0.3) is 0 Å². The lowest BCUT2D eigenvalue weighted by Crippen LogP contribution is -2.38. The van der Waals surface area contributed by atoms with Gasteiger partial charge in [0.1, 0.15) is 5.75 Å². The van der Waals surface area contributed by atoms with Gasteiger partial charge < -0.3 is 28.7 Å². The second-order valence-corrected chi connectivity index (χ2v) is 10.9. The molecule has 0 N–H and O–H groups in total. The molecule has 0 unspecified atom stereocenters. The Morgan fingerprint density at radius 1 is 0.732 bits per heavy atom. The minimum absolute atomic E-state index is 0.584. The maximum atomic E-state index is 5.90. The van der Waals surface area contributed by atoms with Crippen LogP contribution in [0.5, 0.6) is 5.75 Å². The lowest BCUT2D eigenvalue weighted by molar-refractivity contribution is 0.00585. The molecule has 0 radical (unpaired) electrons. The second kappa shape index (κ2) is 15.8. The van der Waals surface area contributed by atoms with E-state index in [1.165, 1.54) is 40.9 Å². The monoisotopic (exact) mass is 559 g/mol. The fraction of sp³-hybridized carbons (Fsp3) is 0.471. The zero-order valence-corrected chi connectivity index (χ0v) is 24.5. The van der Waals surface area contributed by atoms with E-state index in [4.69, 9.17) is 18.9 Å². The highest BCUT2D eigenvalue weighted by molar-refractivity contribution is 5.53. The normalized spacial score (nSPS) is 15.8. The number of anilines is 2. The average molecular weight is 560 g/mol. The Labute approximate surface area is 245 Å². The summed E-state index contributed by atoms with van der Waals surface area (Å²) in [4.78, 5) is 7.32. The highest BCUT2D eigenvalue weighted by Gasteiger charge is 2.15. The summed E-state index contributed by atoms with van der Waals surface area (Å²) in [6, 6.07) is 26.2. The van der Waals surface area contributed by atoms with Crippen molar-refractivity contribution >= 4 is 11.4 Å². The van der Waals surface area contributed by atoms with Gasteiger partial charge in [-0.15, -0.1) is 0 Å². The van der Waals surface area contributed by atoms with Gasteiger partial charge in [-0.2, -0.15) is 0 Å². The lowest BCUT2D eigenvalue weighted by atomic mass is 10.1. The van der Waals surface area contributed by atoms with Crippen molar-refractivity contribution in [3.05, 3.63) is 89.5 Å². The zero-order chi connectivity index (χ0) is 28.1. The van der Waals surface area contributed by atoms with Crippen molar-refractivity contribution < 1.29 is 18.9 Å². The van der Waals surface area contributed by atoms with Gasteiger partial charge in [0, 0.05) is 57.2 Å². The quantitative estimate of drug-likeness (QED) is 0.232. The second-order valence-electron chi connectivity index (χ2n) is 10.9. The van der Waals surface area contributed by atoms with Gasteiger partial charge in [0.15, 0.2) is 0 Å². The highest BCUT2D eigenvalue weighted by Crippen LogP contribution is 2.26. The molecule has 0 atom stereocenters. The third kappa shape index (κ3) is 9.20. The minimum atomic E-state index is 0.584. The van der Waals surface area contributed by atoms with Crippen LogP contribution in [0.1, 0.15) is 29.5 Å². The fourth-order valence-corrected chi connectivity index (χ4v) is 5.51. The number of hydrogen-bond donors (Lipinski definition) is 0. The molecule has 7 nitrogen and oxygen atoms in total. The van der Waals surface area contributed by atoms with Crippen LogP contribution in [0.4, 0.5) is 11.4 Å². The van der Waals surface area contributed by atoms with Crippen molar-refractivity contribution in [1.29, 1.82) is 0 Å². The van der Waals surface area contributed by atoms with E-state index < -0.39 is 0 Å². The molecule has 3 aromatic rings. The van der Waals surface area contributed by atoms with E-state index in [2.05, 4.69) is 81.4 Å². The van der Waals surface area contributed by atoms with E-state index in [9.17, 15) is 0 Å². The van der Waals surface area contributed by atoms with Gasteiger partial charge in [-0.05, 0) is 65.9 Å². The topological polar surface area (TPSA) is 46.6 Å². The lowest BCUT2D eigenvalue weighted by Gasteiger charge is -2.27. The van der Waals surface area contributed by atoms with Crippen LogP contribution in [0.15, 0.2) is 72.8 Å². The van der Waals surface area contributed by atoms with E-state index in [-0.39, 0.29) is 0 Å². The number of hydrogen-bond acceptors (Lipinski definition) is 7. The van der Waals surface area contributed by atoms with Crippen molar-refractivity contribution in [1.82, 2.24) is 4.90 Å². The summed E-state index contributed by atoms with van der Waals surface area (Å²) >= 11 is 0. The molecule has 5 rings (SSSR count). The maximum absolute atomic E-state index is 5.90. The smallest absolute Gasteiger partial charge is 0.119 e. The standard InChI is InChI=1S/C34H45N3O4/c1-38-34-9-5-7-31(25-34)27-37(26-30-6-4-8-33(24-30)36-14-2-3-15-36)32-12-10-29(11-13-32)28-41-23-22-40-21-18-35-16-19-39-20-17-35/h4-13,24-25H,2-3,14-23,26-28H2,1H3. The molecule has 0 aliphatic carbocycles. The van der Waals surface area contributed by atoms with Crippen LogP contribution >= 0.6 is 0 Å². The Hall–Kier alpha value is -3.10. The molecule has 0 bridgehead atoms. The highest BCUT2D eigenvalue weighted by atomic mass is 16.5. The molecule has 2 aliphatic heterocycles. The fourth-order valence-electron chi connectivity index (χ4n) is 5.51. The Balaban J connectivity index is 1.16. The molecule has 0 aromatic heterocycles. The summed E-state index contributed by atoms with van der Waals surface area (Å²) < 4.78 is 22.6. The molecular formula is C34H45N3O4. The van der Waals surface area contributed by atoms with Crippen LogP contribution in [0, 0.1) is 0 Å². The average Bonchev–Trinajstić information content (AvgIpc) is 3.57. The third-order valence-electron chi connectivity index (χ3n) is 7.86. The number of ether oxygens (including phenoxy) is 4. The number of morpholine rings is 1. The Morgan fingerprint density at radius 3 is 2.20 bits per heavy atom. The molecule has 2 fully saturated rings.